The fraction of sp³-hybridized carbons (Fsp3) is 0.0408. The van der Waals surface area contributed by atoms with Gasteiger partial charge in [0.15, 0.2) is 11.6 Å². The first kappa shape index (κ1) is 32.0. The van der Waals surface area contributed by atoms with Crippen molar-refractivity contribution in [3.05, 3.63) is 170 Å². The largest absolute Gasteiger partial charge is 0.277 e. The van der Waals surface area contributed by atoms with Gasteiger partial charge in [-0.1, -0.05) is 159 Å². The zero-order valence-corrected chi connectivity index (χ0v) is 30.7. The van der Waals surface area contributed by atoms with Crippen LogP contribution in [0.1, 0.15) is 13.8 Å². The standard InChI is InChI=1S/C47H28N4S.C2H6/c1-2-13-30(14-3-1)45-48-46(34-25-24-29-12-4-5-15-31(29)26-34)50-47(49-45)51-41-28-33-17-7-6-16-32(33)27-40(41)37-20-10-19-36(43(37)51)39-22-11-21-38-35-18-8-9-23-42(35)52-44(38)39;1-2/h1-28H;1-2H3. The third-order valence-corrected chi connectivity index (χ3v) is 11.4. The van der Waals surface area contributed by atoms with E-state index in [4.69, 9.17) is 15.0 Å². The van der Waals surface area contributed by atoms with Crippen molar-refractivity contribution >= 4 is 74.9 Å². The predicted octanol–water partition coefficient (Wildman–Crippen LogP) is 13.7. The summed E-state index contributed by atoms with van der Waals surface area (Å²) in [5, 5.41) is 9.56. The van der Waals surface area contributed by atoms with Crippen LogP contribution in [0, 0.1) is 0 Å². The Labute approximate surface area is 316 Å². The minimum absolute atomic E-state index is 0.586. The van der Waals surface area contributed by atoms with Crippen molar-refractivity contribution in [1.82, 2.24) is 19.5 Å². The molecule has 0 atom stereocenters. The quantitative estimate of drug-likeness (QED) is 0.183. The fourth-order valence-corrected chi connectivity index (χ4v) is 9.00. The molecule has 8 aromatic carbocycles. The van der Waals surface area contributed by atoms with Crippen molar-refractivity contribution in [2.24, 2.45) is 0 Å². The highest BCUT2D eigenvalue weighted by Gasteiger charge is 2.22. The molecule has 0 radical (unpaired) electrons. The van der Waals surface area contributed by atoms with Crippen LogP contribution in [0.4, 0.5) is 0 Å². The highest BCUT2D eigenvalue weighted by atomic mass is 32.1. The lowest BCUT2D eigenvalue weighted by molar-refractivity contribution is 0.954. The summed E-state index contributed by atoms with van der Waals surface area (Å²) in [7, 11) is 0. The molecule has 0 spiro atoms. The SMILES string of the molecule is CC.c1ccc(-c2nc(-c3ccc4ccccc4c3)nc(-n3c4cc5ccccc5cc4c4cccc(-c5cccc6c5sc5ccccc56)c43)n2)cc1. The van der Waals surface area contributed by atoms with Crippen LogP contribution < -0.4 is 0 Å². The molecule has 4 nitrogen and oxygen atoms in total. The molecule has 0 unspecified atom stereocenters. The van der Waals surface area contributed by atoms with Crippen LogP contribution in [-0.4, -0.2) is 19.5 Å². The number of rotatable bonds is 4. The maximum atomic E-state index is 5.33. The summed E-state index contributed by atoms with van der Waals surface area (Å²) >= 11 is 1.85. The van der Waals surface area contributed by atoms with E-state index in [-0.39, 0.29) is 0 Å². The van der Waals surface area contributed by atoms with Crippen LogP contribution in [0.3, 0.4) is 0 Å². The molecular formula is C49H34N4S. The molecule has 5 heteroatoms. The van der Waals surface area contributed by atoms with Gasteiger partial charge in [-0.15, -0.1) is 11.3 Å². The summed E-state index contributed by atoms with van der Waals surface area (Å²) < 4.78 is 4.83. The molecule has 0 aliphatic carbocycles. The Balaban J connectivity index is 0.00000178. The van der Waals surface area contributed by atoms with Gasteiger partial charge in [0, 0.05) is 53.2 Å². The maximum Gasteiger partial charge on any atom is 0.238 e. The number of thiophene rings is 1. The monoisotopic (exact) mass is 710 g/mol. The Morgan fingerprint density at radius 3 is 1.83 bits per heavy atom. The number of hydrogen-bond acceptors (Lipinski definition) is 4. The van der Waals surface area contributed by atoms with Crippen molar-refractivity contribution in [2.75, 3.05) is 0 Å². The Bertz CT molecular complexity index is 3190. The minimum atomic E-state index is 0.586. The molecule has 0 aliphatic heterocycles. The fourth-order valence-electron chi connectivity index (χ4n) is 7.77. The summed E-state index contributed by atoms with van der Waals surface area (Å²) in [5.74, 6) is 1.85. The van der Waals surface area contributed by atoms with E-state index in [9.17, 15) is 0 Å². The molecule has 3 heterocycles. The van der Waals surface area contributed by atoms with Gasteiger partial charge >= 0.3 is 0 Å². The summed E-state index contributed by atoms with van der Waals surface area (Å²) in [6, 6.07) is 60.3. The average molecular weight is 711 g/mol. The van der Waals surface area contributed by atoms with Crippen LogP contribution in [-0.2, 0) is 0 Å². The number of aromatic nitrogens is 4. The van der Waals surface area contributed by atoms with Crippen LogP contribution in [0.2, 0.25) is 0 Å². The highest BCUT2D eigenvalue weighted by molar-refractivity contribution is 7.26. The van der Waals surface area contributed by atoms with E-state index >= 15 is 0 Å². The molecule has 0 amide bonds. The molecule has 0 aliphatic rings. The number of para-hydroxylation sites is 1. The normalized spacial score (nSPS) is 11.5. The van der Waals surface area contributed by atoms with Crippen molar-refractivity contribution in [2.45, 2.75) is 13.8 Å². The number of benzene rings is 8. The molecular weight excluding hydrogens is 677 g/mol. The van der Waals surface area contributed by atoms with Crippen LogP contribution in [0.5, 0.6) is 0 Å². The molecule has 54 heavy (non-hydrogen) atoms. The van der Waals surface area contributed by atoms with Gasteiger partial charge in [-0.25, -0.2) is 4.98 Å². The van der Waals surface area contributed by atoms with Crippen molar-refractivity contribution in [1.29, 1.82) is 0 Å². The van der Waals surface area contributed by atoms with Crippen LogP contribution in [0.25, 0.3) is 103 Å². The van der Waals surface area contributed by atoms with E-state index in [1.54, 1.807) is 0 Å². The first-order valence-electron chi connectivity index (χ1n) is 18.4. The van der Waals surface area contributed by atoms with Gasteiger partial charge in [-0.2, -0.15) is 9.97 Å². The number of nitrogens with zero attached hydrogens (tertiary/aromatic N) is 4. The van der Waals surface area contributed by atoms with Crippen molar-refractivity contribution in [3.8, 4) is 39.9 Å². The minimum Gasteiger partial charge on any atom is -0.277 e. The third kappa shape index (κ3) is 5.16. The Hall–Kier alpha value is -6.69. The van der Waals surface area contributed by atoms with Crippen LogP contribution >= 0.6 is 11.3 Å². The molecule has 0 saturated heterocycles. The third-order valence-electron chi connectivity index (χ3n) is 10.2. The zero-order chi connectivity index (χ0) is 36.2. The topological polar surface area (TPSA) is 43.6 Å². The zero-order valence-electron chi connectivity index (χ0n) is 29.9. The summed E-state index contributed by atoms with van der Waals surface area (Å²) in [4.78, 5) is 15.7. The second kappa shape index (κ2) is 13.1. The Kier molecular flexibility index (Phi) is 7.74. The van der Waals surface area contributed by atoms with E-state index in [1.165, 1.54) is 41.9 Å². The lowest BCUT2D eigenvalue weighted by Crippen LogP contribution is -2.07. The van der Waals surface area contributed by atoms with Gasteiger partial charge in [0.25, 0.3) is 0 Å². The second-order valence-corrected chi connectivity index (χ2v) is 14.3. The van der Waals surface area contributed by atoms with Gasteiger partial charge in [-0.3, -0.25) is 4.57 Å². The Morgan fingerprint density at radius 2 is 1.04 bits per heavy atom. The molecule has 256 valence electrons. The van der Waals surface area contributed by atoms with E-state index in [0.717, 1.165) is 43.9 Å². The van der Waals surface area contributed by atoms with Crippen LogP contribution in [0.15, 0.2) is 170 Å². The molecule has 0 N–H and O–H groups in total. The van der Waals surface area contributed by atoms with E-state index < -0.39 is 0 Å². The number of hydrogen-bond donors (Lipinski definition) is 0. The van der Waals surface area contributed by atoms with Gasteiger partial charge in [-0.05, 0) is 45.8 Å². The first-order chi connectivity index (χ1) is 26.8. The molecule has 0 bridgehead atoms. The van der Waals surface area contributed by atoms with E-state index in [1.807, 2.05) is 43.4 Å². The molecule has 11 rings (SSSR count). The molecule has 3 aromatic heterocycles. The second-order valence-electron chi connectivity index (χ2n) is 13.2. The van der Waals surface area contributed by atoms with E-state index in [2.05, 4.69) is 156 Å². The first-order valence-corrected chi connectivity index (χ1v) is 19.3. The van der Waals surface area contributed by atoms with E-state index in [0.29, 0.717) is 17.6 Å². The lowest BCUT2D eigenvalue weighted by Gasteiger charge is -2.13. The molecule has 11 aromatic rings. The molecule has 0 fully saturated rings. The van der Waals surface area contributed by atoms with Gasteiger partial charge in [0.2, 0.25) is 5.95 Å². The summed E-state index contributed by atoms with van der Waals surface area (Å²) in [6.07, 6.45) is 0. The summed E-state index contributed by atoms with van der Waals surface area (Å²) in [6.45, 7) is 4.00. The smallest absolute Gasteiger partial charge is 0.238 e. The average Bonchev–Trinajstić information content (AvgIpc) is 3.79. The van der Waals surface area contributed by atoms with Gasteiger partial charge < -0.3 is 0 Å². The summed E-state index contributed by atoms with van der Waals surface area (Å²) in [5.41, 5.74) is 6.36. The molecule has 0 saturated carbocycles. The predicted molar refractivity (Wildman–Crippen MR) is 230 cm³/mol. The maximum absolute atomic E-state index is 5.33. The van der Waals surface area contributed by atoms with Gasteiger partial charge in [0.1, 0.15) is 0 Å². The number of fused-ring (bicyclic) bond motifs is 8. The van der Waals surface area contributed by atoms with Crippen molar-refractivity contribution < 1.29 is 0 Å². The van der Waals surface area contributed by atoms with Crippen molar-refractivity contribution in [3.63, 3.8) is 0 Å². The Morgan fingerprint density at radius 1 is 0.426 bits per heavy atom. The highest BCUT2D eigenvalue weighted by Crippen LogP contribution is 2.44. The lowest BCUT2D eigenvalue weighted by atomic mass is 9.99. The van der Waals surface area contributed by atoms with Gasteiger partial charge in [0.05, 0.1) is 11.0 Å².